The van der Waals surface area contributed by atoms with Crippen LogP contribution >= 0.6 is 0 Å². The van der Waals surface area contributed by atoms with Crippen LogP contribution in [0.25, 0.3) is 0 Å². The molecule has 0 aromatic heterocycles. The Labute approximate surface area is 123 Å². The van der Waals surface area contributed by atoms with Crippen molar-refractivity contribution >= 4 is 0 Å². The average Bonchev–Trinajstić information content (AvgIpc) is 2.42. The normalized spacial score (nSPS) is 23.9. The van der Waals surface area contributed by atoms with Crippen molar-refractivity contribution in [1.29, 1.82) is 0 Å². The van der Waals surface area contributed by atoms with Crippen LogP contribution in [0, 0.1) is 13.8 Å². The van der Waals surface area contributed by atoms with Crippen LogP contribution in [0.15, 0.2) is 18.2 Å². The fourth-order valence-electron chi connectivity index (χ4n) is 3.10. The summed E-state index contributed by atoms with van der Waals surface area (Å²) in [5, 5.41) is 3.63. The topological polar surface area (TPSA) is 21.3 Å². The number of ether oxygens (including phenoxy) is 1. The van der Waals surface area contributed by atoms with Crippen LogP contribution < -0.4 is 10.1 Å². The molecule has 112 valence electrons. The van der Waals surface area contributed by atoms with Crippen molar-refractivity contribution in [2.75, 3.05) is 6.54 Å². The van der Waals surface area contributed by atoms with E-state index in [4.69, 9.17) is 4.74 Å². The Morgan fingerprint density at radius 1 is 1.10 bits per heavy atom. The summed E-state index contributed by atoms with van der Waals surface area (Å²) in [6, 6.07) is 6.87. The van der Waals surface area contributed by atoms with Crippen molar-refractivity contribution in [1.82, 2.24) is 5.32 Å². The van der Waals surface area contributed by atoms with Crippen LogP contribution in [-0.2, 0) is 0 Å². The SMILES string of the molecule is CCNC1CCCCCCC1Oc1cccc(C)c1C. The van der Waals surface area contributed by atoms with E-state index in [9.17, 15) is 0 Å². The maximum absolute atomic E-state index is 6.41. The standard InChI is InChI=1S/C18H29NO/c1-4-19-16-11-7-5-6-8-12-18(16)20-17-13-9-10-14(2)15(17)3/h9-10,13,16,18-19H,4-8,11-12H2,1-3H3. The molecule has 0 amide bonds. The van der Waals surface area contributed by atoms with E-state index in [0.717, 1.165) is 12.3 Å². The van der Waals surface area contributed by atoms with E-state index < -0.39 is 0 Å². The number of hydrogen-bond acceptors (Lipinski definition) is 2. The third-order valence-electron chi connectivity index (χ3n) is 4.50. The molecule has 0 spiro atoms. The molecule has 2 nitrogen and oxygen atoms in total. The Balaban J connectivity index is 2.11. The highest BCUT2D eigenvalue weighted by Crippen LogP contribution is 2.26. The molecule has 20 heavy (non-hydrogen) atoms. The van der Waals surface area contributed by atoms with Gasteiger partial charge < -0.3 is 10.1 Å². The maximum atomic E-state index is 6.41. The van der Waals surface area contributed by atoms with Gasteiger partial charge in [0.1, 0.15) is 11.9 Å². The van der Waals surface area contributed by atoms with Gasteiger partial charge in [0, 0.05) is 6.04 Å². The largest absolute Gasteiger partial charge is 0.489 e. The first kappa shape index (κ1) is 15.4. The molecule has 2 rings (SSSR count). The lowest BCUT2D eigenvalue weighted by molar-refractivity contribution is 0.127. The Hall–Kier alpha value is -1.02. The molecule has 1 fully saturated rings. The average molecular weight is 275 g/mol. The highest BCUT2D eigenvalue weighted by atomic mass is 16.5. The fourth-order valence-corrected chi connectivity index (χ4v) is 3.10. The summed E-state index contributed by atoms with van der Waals surface area (Å²) in [4.78, 5) is 0. The van der Waals surface area contributed by atoms with Crippen molar-refractivity contribution < 1.29 is 4.74 Å². The van der Waals surface area contributed by atoms with Crippen LogP contribution in [0.1, 0.15) is 56.6 Å². The Morgan fingerprint density at radius 2 is 1.85 bits per heavy atom. The van der Waals surface area contributed by atoms with Gasteiger partial charge >= 0.3 is 0 Å². The molecule has 0 bridgehead atoms. The van der Waals surface area contributed by atoms with Crippen LogP contribution in [0.5, 0.6) is 5.75 Å². The van der Waals surface area contributed by atoms with Crippen molar-refractivity contribution in [2.24, 2.45) is 0 Å². The van der Waals surface area contributed by atoms with Gasteiger partial charge in [0.2, 0.25) is 0 Å². The van der Waals surface area contributed by atoms with Gasteiger partial charge in [-0.1, -0.05) is 38.3 Å². The van der Waals surface area contributed by atoms with E-state index in [0.29, 0.717) is 12.1 Å². The fraction of sp³-hybridized carbons (Fsp3) is 0.667. The summed E-state index contributed by atoms with van der Waals surface area (Å²) in [5.74, 6) is 1.07. The molecule has 2 unspecified atom stereocenters. The third kappa shape index (κ3) is 3.99. The lowest BCUT2D eigenvalue weighted by Gasteiger charge is -2.31. The summed E-state index contributed by atoms with van der Waals surface area (Å²) in [6.45, 7) is 7.53. The molecule has 0 heterocycles. The van der Waals surface area contributed by atoms with Gasteiger partial charge in [-0.2, -0.15) is 0 Å². The Kier molecular flexibility index (Phi) is 5.90. The van der Waals surface area contributed by atoms with Crippen LogP contribution in [0.2, 0.25) is 0 Å². The number of rotatable bonds is 4. The molecule has 2 atom stereocenters. The smallest absolute Gasteiger partial charge is 0.122 e. The molecule has 1 aliphatic carbocycles. The van der Waals surface area contributed by atoms with Gasteiger partial charge in [0.25, 0.3) is 0 Å². The number of likely N-dealkylation sites (N-methyl/N-ethyl adjacent to an activating group) is 1. The maximum Gasteiger partial charge on any atom is 0.122 e. The Bertz CT molecular complexity index is 416. The predicted molar refractivity (Wildman–Crippen MR) is 85.5 cm³/mol. The third-order valence-corrected chi connectivity index (χ3v) is 4.50. The summed E-state index contributed by atoms with van der Waals surface area (Å²) in [7, 11) is 0. The van der Waals surface area contributed by atoms with Crippen molar-refractivity contribution in [3.8, 4) is 5.75 Å². The second-order valence-electron chi connectivity index (χ2n) is 6.01. The molecule has 0 radical (unpaired) electrons. The number of nitrogens with one attached hydrogen (secondary N) is 1. The van der Waals surface area contributed by atoms with Crippen molar-refractivity contribution in [2.45, 2.75) is 71.4 Å². The van der Waals surface area contributed by atoms with E-state index in [1.54, 1.807) is 0 Å². The summed E-state index contributed by atoms with van der Waals surface area (Å²) < 4.78 is 6.41. The van der Waals surface area contributed by atoms with Gasteiger partial charge in [-0.15, -0.1) is 0 Å². The highest BCUT2D eigenvalue weighted by molar-refractivity contribution is 5.38. The molecule has 1 saturated carbocycles. The van der Waals surface area contributed by atoms with Crippen molar-refractivity contribution in [3.63, 3.8) is 0 Å². The van der Waals surface area contributed by atoms with Crippen LogP contribution in [-0.4, -0.2) is 18.7 Å². The number of aryl methyl sites for hydroxylation is 1. The van der Waals surface area contributed by atoms with E-state index in [1.165, 1.54) is 49.7 Å². The van der Waals surface area contributed by atoms with Gasteiger partial charge in [0.05, 0.1) is 0 Å². The number of benzene rings is 1. The summed E-state index contributed by atoms with van der Waals surface area (Å²) in [5.41, 5.74) is 2.60. The second-order valence-corrected chi connectivity index (χ2v) is 6.01. The zero-order chi connectivity index (χ0) is 14.4. The molecule has 1 aromatic rings. The lowest BCUT2D eigenvalue weighted by atomic mass is 9.94. The van der Waals surface area contributed by atoms with E-state index in [-0.39, 0.29) is 0 Å². The first-order chi connectivity index (χ1) is 9.72. The van der Waals surface area contributed by atoms with Crippen LogP contribution in [0.3, 0.4) is 0 Å². The quantitative estimate of drug-likeness (QED) is 0.880. The zero-order valence-corrected chi connectivity index (χ0v) is 13.2. The minimum Gasteiger partial charge on any atom is -0.489 e. The number of hydrogen-bond donors (Lipinski definition) is 1. The van der Waals surface area contributed by atoms with Gasteiger partial charge in [-0.25, -0.2) is 0 Å². The van der Waals surface area contributed by atoms with E-state index in [2.05, 4.69) is 44.3 Å². The molecule has 0 saturated heterocycles. The minimum absolute atomic E-state index is 0.316. The van der Waals surface area contributed by atoms with Gasteiger partial charge in [-0.3, -0.25) is 0 Å². The van der Waals surface area contributed by atoms with Gasteiger partial charge in [-0.05, 0) is 56.8 Å². The zero-order valence-electron chi connectivity index (χ0n) is 13.2. The van der Waals surface area contributed by atoms with E-state index in [1.807, 2.05) is 0 Å². The molecule has 1 aromatic carbocycles. The predicted octanol–water partition coefficient (Wildman–Crippen LogP) is 4.38. The lowest BCUT2D eigenvalue weighted by Crippen LogP contribution is -2.43. The first-order valence-electron chi connectivity index (χ1n) is 8.18. The molecular weight excluding hydrogens is 246 g/mol. The molecular formula is C18H29NO. The monoisotopic (exact) mass is 275 g/mol. The molecule has 1 N–H and O–H groups in total. The second kappa shape index (κ2) is 7.68. The van der Waals surface area contributed by atoms with Gasteiger partial charge in [0.15, 0.2) is 0 Å². The molecule has 1 aliphatic rings. The molecule has 2 heteroatoms. The van der Waals surface area contributed by atoms with Crippen molar-refractivity contribution in [3.05, 3.63) is 29.3 Å². The Morgan fingerprint density at radius 3 is 2.60 bits per heavy atom. The van der Waals surface area contributed by atoms with E-state index >= 15 is 0 Å². The summed E-state index contributed by atoms with van der Waals surface area (Å²) >= 11 is 0. The van der Waals surface area contributed by atoms with Crippen LogP contribution in [0.4, 0.5) is 0 Å². The summed E-state index contributed by atoms with van der Waals surface area (Å²) in [6.07, 6.45) is 8.07. The first-order valence-corrected chi connectivity index (χ1v) is 8.18. The molecule has 0 aliphatic heterocycles. The highest BCUT2D eigenvalue weighted by Gasteiger charge is 2.24. The minimum atomic E-state index is 0.316.